The minimum absolute atomic E-state index is 0.216. The summed E-state index contributed by atoms with van der Waals surface area (Å²) < 4.78 is 8.50. The number of ether oxygens (including phenoxy) is 1. The number of fused-ring (bicyclic) bond motifs is 2. The number of hydrogen-bond donors (Lipinski definition) is 0. The summed E-state index contributed by atoms with van der Waals surface area (Å²) in [5.41, 5.74) is 2.20. The Bertz CT molecular complexity index is 1080. The van der Waals surface area contributed by atoms with Crippen LogP contribution in [-0.4, -0.2) is 40.1 Å². The van der Waals surface area contributed by atoms with Gasteiger partial charge in [0.2, 0.25) is 5.91 Å². The lowest BCUT2D eigenvalue weighted by molar-refractivity contribution is -0.146. The third kappa shape index (κ3) is 3.33. The SMILES string of the molecule is O=C(N1CCC2(CC1)OCCc1sc(-c3ccccc3)cc12)C1(Cn2ccnc2)CC1. The predicted octanol–water partition coefficient (Wildman–Crippen LogP) is 4.48. The van der Waals surface area contributed by atoms with E-state index in [2.05, 4.69) is 46.3 Å². The third-order valence-corrected chi connectivity index (χ3v) is 8.52. The van der Waals surface area contributed by atoms with Gasteiger partial charge in [-0.1, -0.05) is 30.3 Å². The maximum Gasteiger partial charge on any atom is 0.230 e. The zero-order valence-corrected chi connectivity index (χ0v) is 18.4. The van der Waals surface area contributed by atoms with Crippen LogP contribution in [0.15, 0.2) is 55.1 Å². The molecule has 6 heteroatoms. The molecule has 1 aliphatic carbocycles. The molecule has 2 aromatic heterocycles. The second-order valence-corrected chi connectivity index (χ2v) is 10.4. The van der Waals surface area contributed by atoms with Crippen molar-refractivity contribution in [3.05, 3.63) is 65.6 Å². The molecule has 2 aliphatic heterocycles. The lowest BCUT2D eigenvalue weighted by atomic mass is 9.81. The van der Waals surface area contributed by atoms with E-state index in [1.165, 1.54) is 20.9 Å². The summed E-state index contributed by atoms with van der Waals surface area (Å²) in [6.07, 6.45) is 10.3. The van der Waals surface area contributed by atoms with Crippen molar-refractivity contribution < 1.29 is 9.53 Å². The van der Waals surface area contributed by atoms with Gasteiger partial charge in [0.05, 0.1) is 24.0 Å². The number of imidazole rings is 1. The maximum atomic E-state index is 13.4. The summed E-state index contributed by atoms with van der Waals surface area (Å²) >= 11 is 1.91. The molecule has 160 valence electrons. The van der Waals surface area contributed by atoms with Crippen molar-refractivity contribution >= 4 is 17.2 Å². The van der Waals surface area contributed by atoms with E-state index < -0.39 is 0 Å². The summed E-state index contributed by atoms with van der Waals surface area (Å²) in [6, 6.07) is 13.0. The number of aromatic nitrogens is 2. The van der Waals surface area contributed by atoms with Gasteiger partial charge in [0.25, 0.3) is 0 Å². The summed E-state index contributed by atoms with van der Waals surface area (Å²) in [4.78, 5) is 22.4. The van der Waals surface area contributed by atoms with Crippen LogP contribution in [0.1, 0.15) is 36.1 Å². The van der Waals surface area contributed by atoms with Crippen LogP contribution in [0.25, 0.3) is 10.4 Å². The molecule has 0 bridgehead atoms. The highest BCUT2D eigenvalue weighted by Gasteiger charge is 2.53. The van der Waals surface area contributed by atoms with Gasteiger partial charge in [-0.2, -0.15) is 0 Å². The number of thiophene rings is 1. The number of likely N-dealkylation sites (tertiary alicyclic amines) is 1. The minimum Gasteiger partial charge on any atom is -0.370 e. The van der Waals surface area contributed by atoms with Gasteiger partial charge in [-0.3, -0.25) is 4.79 Å². The summed E-state index contributed by atoms with van der Waals surface area (Å²) in [6.45, 7) is 3.08. The van der Waals surface area contributed by atoms with Crippen LogP contribution in [0.3, 0.4) is 0 Å². The fourth-order valence-corrected chi connectivity index (χ4v) is 6.54. The molecule has 0 unspecified atom stereocenters. The first-order valence-electron chi connectivity index (χ1n) is 11.3. The molecule has 0 atom stereocenters. The Labute approximate surface area is 186 Å². The Morgan fingerprint density at radius 3 is 2.65 bits per heavy atom. The van der Waals surface area contributed by atoms with Gasteiger partial charge < -0.3 is 14.2 Å². The molecular formula is C25H27N3O2S. The fraction of sp³-hybridized carbons (Fsp3) is 0.440. The van der Waals surface area contributed by atoms with Gasteiger partial charge in [0.1, 0.15) is 0 Å². The van der Waals surface area contributed by atoms with Crippen molar-refractivity contribution in [1.82, 2.24) is 14.5 Å². The standard InChI is InChI=1S/C25H27N3O2S/c29-23(24(7-8-24)17-27-14-11-26-18-27)28-12-9-25(10-13-28)20-16-22(19-4-2-1-3-5-19)31-21(20)6-15-30-25/h1-5,11,14,16,18H,6-10,12-13,15,17H2. The van der Waals surface area contributed by atoms with Gasteiger partial charge >= 0.3 is 0 Å². The number of hydrogen-bond acceptors (Lipinski definition) is 4. The summed E-state index contributed by atoms with van der Waals surface area (Å²) in [7, 11) is 0. The quantitative estimate of drug-likeness (QED) is 0.609. The van der Waals surface area contributed by atoms with Crippen molar-refractivity contribution in [1.29, 1.82) is 0 Å². The van der Waals surface area contributed by atoms with Crippen molar-refractivity contribution in [3.63, 3.8) is 0 Å². The van der Waals surface area contributed by atoms with Crippen LogP contribution >= 0.6 is 11.3 Å². The zero-order valence-electron chi connectivity index (χ0n) is 17.6. The average Bonchev–Trinajstić information content (AvgIpc) is 3.19. The first-order valence-corrected chi connectivity index (χ1v) is 12.1. The first kappa shape index (κ1) is 19.3. The van der Waals surface area contributed by atoms with Gasteiger partial charge in [-0.05, 0) is 42.9 Å². The van der Waals surface area contributed by atoms with Crippen LogP contribution in [0, 0.1) is 5.41 Å². The molecule has 3 aromatic rings. The highest BCUT2D eigenvalue weighted by molar-refractivity contribution is 7.15. The molecule has 4 heterocycles. The number of piperidine rings is 1. The number of benzene rings is 1. The number of nitrogens with zero attached hydrogens (tertiary/aromatic N) is 3. The van der Waals surface area contributed by atoms with Gasteiger partial charge in [0, 0.05) is 48.2 Å². The molecule has 0 N–H and O–H groups in total. The minimum atomic E-state index is -0.227. The number of carbonyl (C=O) groups is 1. The van der Waals surface area contributed by atoms with Crippen LogP contribution in [0.5, 0.6) is 0 Å². The van der Waals surface area contributed by atoms with Crippen molar-refractivity contribution in [2.24, 2.45) is 5.41 Å². The van der Waals surface area contributed by atoms with Crippen molar-refractivity contribution in [3.8, 4) is 10.4 Å². The van der Waals surface area contributed by atoms with E-state index in [9.17, 15) is 4.79 Å². The largest absolute Gasteiger partial charge is 0.370 e. The van der Waals surface area contributed by atoms with Gasteiger partial charge in [-0.15, -0.1) is 11.3 Å². The second-order valence-electron chi connectivity index (χ2n) is 9.21. The highest BCUT2D eigenvalue weighted by Crippen LogP contribution is 2.51. The van der Waals surface area contributed by atoms with Crippen molar-refractivity contribution in [2.45, 2.75) is 44.2 Å². The lowest BCUT2D eigenvalue weighted by Crippen LogP contribution is -2.50. The average molecular weight is 434 g/mol. The van der Waals surface area contributed by atoms with E-state index in [4.69, 9.17) is 4.74 Å². The molecule has 5 nitrogen and oxygen atoms in total. The fourth-order valence-electron chi connectivity index (χ4n) is 5.30. The topological polar surface area (TPSA) is 47.4 Å². The number of rotatable bonds is 4. The smallest absolute Gasteiger partial charge is 0.230 e. The van der Waals surface area contributed by atoms with E-state index >= 15 is 0 Å². The predicted molar refractivity (Wildman–Crippen MR) is 121 cm³/mol. The molecule has 31 heavy (non-hydrogen) atoms. The van der Waals surface area contributed by atoms with Crippen LogP contribution in [-0.2, 0) is 28.1 Å². The Balaban J connectivity index is 1.20. The van der Waals surface area contributed by atoms with E-state index in [0.29, 0.717) is 5.91 Å². The monoisotopic (exact) mass is 433 g/mol. The molecule has 1 saturated heterocycles. The Morgan fingerprint density at radius 2 is 1.94 bits per heavy atom. The van der Waals surface area contributed by atoms with Crippen molar-refractivity contribution in [2.75, 3.05) is 19.7 Å². The van der Waals surface area contributed by atoms with Gasteiger partial charge in [0.15, 0.2) is 0 Å². The molecule has 1 saturated carbocycles. The Morgan fingerprint density at radius 1 is 1.13 bits per heavy atom. The maximum absolute atomic E-state index is 13.4. The number of carbonyl (C=O) groups excluding carboxylic acids is 1. The van der Waals surface area contributed by atoms with Crippen LogP contribution in [0.2, 0.25) is 0 Å². The molecular weight excluding hydrogens is 406 g/mol. The van der Waals surface area contributed by atoms with E-state index in [1.807, 2.05) is 28.4 Å². The van der Waals surface area contributed by atoms with Gasteiger partial charge in [-0.25, -0.2) is 4.98 Å². The summed E-state index contributed by atoms with van der Waals surface area (Å²) in [5, 5.41) is 0. The van der Waals surface area contributed by atoms with E-state index in [0.717, 1.165) is 58.3 Å². The molecule has 6 rings (SSSR count). The molecule has 1 spiro atoms. The molecule has 1 aromatic carbocycles. The Hall–Kier alpha value is -2.44. The Kier molecular flexibility index (Phi) is 4.54. The van der Waals surface area contributed by atoms with Crippen LogP contribution < -0.4 is 0 Å². The first-order chi connectivity index (χ1) is 15.2. The molecule has 1 amide bonds. The normalized spacial score (nSPS) is 21.1. The van der Waals surface area contributed by atoms with Crippen LogP contribution in [0.4, 0.5) is 0 Å². The molecule has 2 fully saturated rings. The van der Waals surface area contributed by atoms with E-state index in [1.54, 1.807) is 6.20 Å². The number of amides is 1. The van der Waals surface area contributed by atoms with E-state index in [-0.39, 0.29) is 11.0 Å². The third-order valence-electron chi connectivity index (χ3n) is 7.28. The zero-order chi connectivity index (χ0) is 20.9. The molecule has 3 aliphatic rings. The second kappa shape index (κ2) is 7.31. The summed E-state index contributed by atoms with van der Waals surface area (Å²) in [5.74, 6) is 0.322. The highest BCUT2D eigenvalue weighted by atomic mass is 32.1. The molecule has 0 radical (unpaired) electrons. The lowest BCUT2D eigenvalue weighted by Gasteiger charge is -2.44.